The lowest BCUT2D eigenvalue weighted by Gasteiger charge is -2.23. The van der Waals surface area contributed by atoms with Gasteiger partial charge in [0, 0.05) is 32.0 Å². The Labute approximate surface area is 109 Å². The summed E-state index contributed by atoms with van der Waals surface area (Å²) in [6.45, 7) is 0.242. The molecule has 1 aliphatic heterocycles. The highest BCUT2D eigenvalue weighted by atomic mass is 32.2. The quantitative estimate of drug-likeness (QED) is 0.713. The fraction of sp³-hybridized carbons (Fsp3) is 0.900. The zero-order chi connectivity index (χ0) is 14.5. The monoisotopic (exact) mass is 302 g/mol. The van der Waals surface area contributed by atoms with E-state index in [1.807, 2.05) is 0 Å². The number of carbonyl (C=O) groups excluding carboxylic acids is 1. The Balaban J connectivity index is 2.21. The van der Waals surface area contributed by atoms with Crippen LogP contribution in [0.4, 0.5) is 13.2 Å². The summed E-state index contributed by atoms with van der Waals surface area (Å²) >= 11 is 0. The zero-order valence-electron chi connectivity index (χ0n) is 10.3. The van der Waals surface area contributed by atoms with E-state index in [1.165, 1.54) is 0 Å². The van der Waals surface area contributed by atoms with Gasteiger partial charge in [0.2, 0.25) is 5.91 Å². The van der Waals surface area contributed by atoms with Gasteiger partial charge in [-0.05, 0) is 6.42 Å². The van der Waals surface area contributed by atoms with Crippen LogP contribution in [0.5, 0.6) is 0 Å². The predicted octanol–water partition coefficient (Wildman–Crippen LogP) is 0.222. The standard InChI is InChI=1S/C10H17F3N2O3S/c11-10(12,13)2-1-3-15-9(16)6-8-7-19(17,18)5-4-14-8/h8,14H,1-7H2,(H,15,16). The van der Waals surface area contributed by atoms with Crippen molar-refractivity contribution in [3.63, 3.8) is 0 Å². The summed E-state index contributed by atoms with van der Waals surface area (Å²) in [5.41, 5.74) is 0. The number of hydrogen-bond acceptors (Lipinski definition) is 4. The Morgan fingerprint density at radius 2 is 2.05 bits per heavy atom. The van der Waals surface area contributed by atoms with Crippen molar-refractivity contribution in [1.29, 1.82) is 0 Å². The number of nitrogens with one attached hydrogen (secondary N) is 2. The first kappa shape index (κ1) is 16.2. The van der Waals surface area contributed by atoms with Crippen LogP contribution in [0.15, 0.2) is 0 Å². The number of hydrogen-bond donors (Lipinski definition) is 2. The maximum absolute atomic E-state index is 11.8. The van der Waals surface area contributed by atoms with Gasteiger partial charge in [0.15, 0.2) is 9.84 Å². The molecule has 5 nitrogen and oxygen atoms in total. The Morgan fingerprint density at radius 3 is 2.63 bits per heavy atom. The highest BCUT2D eigenvalue weighted by Crippen LogP contribution is 2.20. The molecule has 1 heterocycles. The van der Waals surface area contributed by atoms with Gasteiger partial charge in [-0.1, -0.05) is 0 Å². The van der Waals surface area contributed by atoms with Crippen molar-refractivity contribution in [2.45, 2.75) is 31.5 Å². The summed E-state index contributed by atoms with van der Waals surface area (Å²) < 4.78 is 58.2. The van der Waals surface area contributed by atoms with E-state index in [-0.39, 0.29) is 30.9 Å². The predicted molar refractivity (Wildman–Crippen MR) is 63.4 cm³/mol. The number of halogens is 3. The summed E-state index contributed by atoms with van der Waals surface area (Å²) in [6, 6.07) is -0.457. The minimum atomic E-state index is -4.22. The van der Waals surface area contributed by atoms with Gasteiger partial charge in [0.1, 0.15) is 0 Å². The Bertz CT molecular complexity index is 409. The fourth-order valence-electron chi connectivity index (χ4n) is 1.81. The first-order valence-corrected chi connectivity index (χ1v) is 7.77. The second-order valence-corrected chi connectivity index (χ2v) is 6.77. The molecule has 1 amide bonds. The summed E-state index contributed by atoms with van der Waals surface area (Å²) in [4.78, 5) is 11.4. The van der Waals surface area contributed by atoms with Crippen molar-refractivity contribution >= 4 is 15.7 Å². The van der Waals surface area contributed by atoms with Crippen molar-refractivity contribution in [2.24, 2.45) is 0 Å². The second kappa shape index (κ2) is 6.56. The summed E-state index contributed by atoms with van der Waals surface area (Å²) in [6.07, 6.45) is -5.37. The normalized spacial score (nSPS) is 23.0. The highest BCUT2D eigenvalue weighted by molar-refractivity contribution is 7.91. The summed E-state index contributed by atoms with van der Waals surface area (Å²) in [5, 5.41) is 5.26. The molecule has 1 saturated heterocycles. The van der Waals surface area contributed by atoms with Crippen LogP contribution < -0.4 is 10.6 Å². The van der Waals surface area contributed by atoms with Crippen molar-refractivity contribution in [3.05, 3.63) is 0 Å². The van der Waals surface area contributed by atoms with Crippen LogP contribution in [0.1, 0.15) is 19.3 Å². The topological polar surface area (TPSA) is 75.3 Å². The van der Waals surface area contributed by atoms with E-state index in [1.54, 1.807) is 0 Å². The van der Waals surface area contributed by atoms with E-state index in [4.69, 9.17) is 0 Å². The fourth-order valence-corrected chi connectivity index (χ4v) is 3.26. The lowest BCUT2D eigenvalue weighted by molar-refractivity contribution is -0.136. The average molecular weight is 302 g/mol. The molecule has 112 valence electrons. The van der Waals surface area contributed by atoms with Gasteiger partial charge in [0.25, 0.3) is 0 Å². The maximum atomic E-state index is 11.8. The van der Waals surface area contributed by atoms with Gasteiger partial charge in [-0.15, -0.1) is 0 Å². The average Bonchev–Trinajstić information content (AvgIpc) is 2.21. The van der Waals surface area contributed by atoms with Crippen LogP contribution in [-0.2, 0) is 14.6 Å². The first-order valence-electron chi connectivity index (χ1n) is 5.95. The maximum Gasteiger partial charge on any atom is 0.389 e. The van der Waals surface area contributed by atoms with E-state index in [9.17, 15) is 26.4 Å². The number of rotatable bonds is 5. The molecule has 2 N–H and O–H groups in total. The number of alkyl halides is 3. The number of sulfone groups is 1. The number of amides is 1. The molecule has 0 aromatic rings. The van der Waals surface area contributed by atoms with Crippen LogP contribution in [0.2, 0.25) is 0 Å². The molecule has 0 bridgehead atoms. The SMILES string of the molecule is O=C(CC1CS(=O)(=O)CCN1)NCCCC(F)(F)F. The van der Waals surface area contributed by atoms with Crippen LogP contribution in [0.3, 0.4) is 0 Å². The molecule has 0 spiro atoms. The van der Waals surface area contributed by atoms with Crippen LogP contribution in [-0.4, -0.2) is 51.1 Å². The van der Waals surface area contributed by atoms with E-state index in [0.717, 1.165) is 0 Å². The molecule has 1 atom stereocenters. The van der Waals surface area contributed by atoms with Crippen LogP contribution in [0.25, 0.3) is 0 Å². The van der Waals surface area contributed by atoms with Crippen molar-refractivity contribution < 1.29 is 26.4 Å². The van der Waals surface area contributed by atoms with E-state index in [2.05, 4.69) is 10.6 Å². The van der Waals surface area contributed by atoms with Crippen molar-refractivity contribution in [1.82, 2.24) is 10.6 Å². The van der Waals surface area contributed by atoms with Crippen molar-refractivity contribution in [3.8, 4) is 0 Å². The highest BCUT2D eigenvalue weighted by Gasteiger charge is 2.27. The minimum absolute atomic E-state index is 0.0365. The molecule has 9 heteroatoms. The van der Waals surface area contributed by atoms with Gasteiger partial charge < -0.3 is 10.6 Å². The molecule has 0 radical (unpaired) electrons. The van der Waals surface area contributed by atoms with Crippen LogP contribution >= 0.6 is 0 Å². The molecule has 1 aliphatic rings. The molecule has 0 aromatic heterocycles. The van der Waals surface area contributed by atoms with Crippen LogP contribution in [0, 0.1) is 0 Å². The Kier molecular flexibility index (Phi) is 5.60. The molecule has 1 rings (SSSR count). The molecular weight excluding hydrogens is 285 g/mol. The Morgan fingerprint density at radius 1 is 1.37 bits per heavy atom. The second-order valence-electron chi connectivity index (χ2n) is 4.54. The van der Waals surface area contributed by atoms with Crippen molar-refractivity contribution in [2.75, 3.05) is 24.6 Å². The molecule has 19 heavy (non-hydrogen) atoms. The van der Waals surface area contributed by atoms with Gasteiger partial charge >= 0.3 is 6.18 Å². The lowest BCUT2D eigenvalue weighted by atomic mass is 10.2. The van der Waals surface area contributed by atoms with E-state index < -0.39 is 34.4 Å². The van der Waals surface area contributed by atoms with E-state index >= 15 is 0 Å². The number of carbonyl (C=O) groups is 1. The third-order valence-corrected chi connectivity index (χ3v) is 4.43. The third kappa shape index (κ3) is 7.36. The van der Waals surface area contributed by atoms with Gasteiger partial charge in [-0.3, -0.25) is 4.79 Å². The first-order chi connectivity index (χ1) is 8.68. The summed E-state index contributed by atoms with van der Waals surface area (Å²) in [7, 11) is -3.11. The zero-order valence-corrected chi connectivity index (χ0v) is 11.1. The third-order valence-electron chi connectivity index (χ3n) is 2.69. The van der Waals surface area contributed by atoms with E-state index in [0.29, 0.717) is 6.54 Å². The molecular formula is C10H17F3N2O3S. The molecule has 1 fully saturated rings. The molecule has 1 unspecified atom stereocenters. The largest absolute Gasteiger partial charge is 0.389 e. The smallest absolute Gasteiger partial charge is 0.356 e. The van der Waals surface area contributed by atoms with Gasteiger partial charge in [-0.25, -0.2) is 8.42 Å². The van der Waals surface area contributed by atoms with Gasteiger partial charge in [0.05, 0.1) is 11.5 Å². The summed E-state index contributed by atoms with van der Waals surface area (Å²) in [5.74, 6) is -0.489. The van der Waals surface area contributed by atoms with Gasteiger partial charge in [-0.2, -0.15) is 13.2 Å². The minimum Gasteiger partial charge on any atom is -0.356 e. The molecule has 0 aliphatic carbocycles. The molecule has 0 saturated carbocycles. The molecule has 0 aromatic carbocycles. The Hall–Kier alpha value is -0.830. The lowest BCUT2D eigenvalue weighted by Crippen LogP contribution is -2.47.